The number of halogens is 3. The van der Waals surface area contributed by atoms with Gasteiger partial charge in [0, 0.05) is 4.90 Å². The number of hydrogen-bond donors (Lipinski definition) is 1. The van der Waals surface area contributed by atoms with Crippen molar-refractivity contribution >= 4 is 17.7 Å². The van der Waals surface area contributed by atoms with Gasteiger partial charge in [-0.1, -0.05) is 48.5 Å². The predicted octanol–water partition coefficient (Wildman–Crippen LogP) is 4.20. The van der Waals surface area contributed by atoms with E-state index in [9.17, 15) is 18.0 Å². The van der Waals surface area contributed by atoms with E-state index in [1.165, 1.54) is 11.8 Å². The first kappa shape index (κ1) is 16.4. The fraction of sp³-hybridized carbons (Fsp3) is 0.188. The number of benzene rings is 2. The van der Waals surface area contributed by atoms with Crippen LogP contribution in [0.4, 0.5) is 13.2 Å². The Morgan fingerprint density at radius 2 is 1.55 bits per heavy atom. The Labute approximate surface area is 130 Å². The lowest BCUT2D eigenvalue weighted by Gasteiger charge is -2.17. The van der Waals surface area contributed by atoms with E-state index in [-0.39, 0.29) is 0 Å². The lowest BCUT2D eigenvalue weighted by molar-refractivity contribution is -0.138. The highest BCUT2D eigenvalue weighted by Gasteiger charge is 2.30. The van der Waals surface area contributed by atoms with Gasteiger partial charge in [0.25, 0.3) is 0 Å². The van der Waals surface area contributed by atoms with E-state index in [1.807, 2.05) is 35.6 Å². The zero-order chi connectivity index (χ0) is 16.0. The van der Waals surface area contributed by atoms with E-state index in [0.717, 1.165) is 4.90 Å². The van der Waals surface area contributed by atoms with E-state index in [4.69, 9.17) is 0 Å². The van der Waals surface area contributed by atoms with Gasteiger partial charge in [-0.2, -0.15) is 13.2 Å². The molecule has 0 fully saturated rings. The van der Waals surface area contributed by atoms with Crippen LogP contribution in [0.5, 0.6) is 0 Å². The van der Waals surface area contributed by atoms with Gasteiger partial charge in [-0.05, 0) is 17.7 Å². The SMILES string of the molecule is O=C(NCC(F)(F)F)[C@H](Sc1ccccc1)c1ccccc1. The molecule has 6 heteroatoms. The molecule has 0 aromatic heterocycles. The molecule has 2 aromatic rings. The van der Waals surface area contributed by atoms with Crippen molar-refractivity contribution in [1.82, 2.24) is 5.32 Å². The molecule has 2 rings (SSSR count). The van der Waals surface area contributed by atoms with Gasteiger partial charge in [-0.25, -0.2) is 0 Å². The van der Waals surface area contributed by atoms with Crippen molar-refractivity contribution in [3.63, 3.8) is 0 Å². The van der Waals surface area contributed by atoms with Gasteiger partial charge in [0.15, 0.2) is 0 Å². The van der Waals surface area contributed by atoms with Crippen LogP contribution >= 0.6 is 11.8 Å². The number of thioether (sulfide) groups is 1. The van der Waals surface area contributed by atoms with E-state index < -0.39 is 23.9 Å². The van der Waals surface area contributed by atoms with Crippen molar-refractivity contribution in [2.45, 2.75) is 16.3 Å². The van der Waals surface area contributed by atoms with Crippen molar-refractivity contribution in [2.75, 3.05) is 6.54 Å². The number of hydrogen-bond acceptors (Lipinski definition) is 2. The highest BCUT2D eigenvalue weighted by Crippen LogP contribution is 2.35. The highest BCUT2D eigenvalue weighted by atomic mass is 32.2. The van der Waals surface area contributed by atoms with Gasteiger partial charge in [-0.15, -0.1) is 11.8 Å². The highest BCUT2D eigenvalue weighted by molar-refractivity contribution is 8.00. The van der Waals surface area contributed by atoms with Crippen LogP contribution in [0.25, 0.3) is 0 Å². The maximum Gasteiger partial charge on any atom is 0.405 e. The average Bonchev–Trinajstić information content (AvgIpc) is 2.51. The van der Waals surface area contributed by atoms with Crippen LogP contribution in [0.3, 0.4) is 0 Å². The first-order valence-electron chi connectivity index (χ1n) is 6.57. The predicted molar refractivity (Wildman–Crippen MR) is 80.5 cm³/mol. The largest absolute Gasteiger partial charge is 0.405 e. The molecule has 0 heterocycles. The van der Waals surface area contributed by atoms with Crippen molar-refractivity contribution in [3.8, 4) is 0 Å². The minimum Gasteiger partial charge on any atom is -0.346 e. The molecule has 0 spiro atoms. The average molecular weight is 325 g/mol. The molecule has 1 amide bonds. The summed E-state index contributed by atoms with van der Waals surface area (Å²) >= 11 is 1.22. The van der Waals surface area contributed by atoms with Crippen LogP contribution in [0.15, 0.2) is 65.6 Å². The third-order valence-electron chi connectivity index (χ3n) is 2.80. The molecular formula is C16H14F3NOS. The smallest absolute Gasteiger partial charge is 0.346 e. The number of carbonyl (C=O) groups excluding carboxylic acids is 1. The Hall–Kier alpha value is -1.95. The van der Waals surface area contributed by atoms with E-state index in [0.29, 0.717) is 5.56 Å². The molecule has 2 nitrogen and oxygen atoms in total. The number of nitrogens with one attached hydrogen (secondary N) is 1. The molecule has 0 saturated carbocycles. The van der Waals surface area contributed by atoms with Gasteiger partial charge in [0.1, 0.15) is 11.8 Å². The van der Waals surface area contributed by atoms with Crippen LogP contribution < -0.4 is 5.32 Å². The molecule has 0 bridgehead atoms. The molecule has 0 aliphatic rings. The Morgan fingerprint density at radius 1 is 1.00 bits per heavy atom. The van der Waals surface area contributed by atoms with Crippen molar-refractivity contribution in [2.24, 2.45) is 0 Å². The fourth-order valence-corrected chi connectivity index (χ4v) is 2.89. The van der Waals surface area contributed by atoms with Crippen LogP contribution in [-0.2, 0) is 4.79 Å². The number of alkyl halides is 3. The lowest BCUT2D eigenvalue weighted by atomic mass is 10.1. The molecule has 1 N–H and O–H groups in total. The summed E-state index contributed by atoms with van der Waals surface area (Å²) in [6.45, 7) is -1.33. The maximum absolute atomic E-state index is 12.3. The first-order chi connectivity index (χ1) is 10.5. The summed E-state index contributed by atoms with van der Waals surface area (Å²) in [6, 6.07) is 17.9. The normalized spacial score (nSPS) is 12.7. The monoisotopic (exact) mass is 325 g/mol. The van der Waals surface area contributed by atoms with E-state index in [1.54, 1.807) is 30.3 Å². The molecule has 0 saturated heterocycles. The third-order valence-corrected chi connectivity index (χ3v) is 4.07. The summed E-state index contributed by atoms with van der Waals surface area (Å²) in [6.07, 6.45) is -4.42. The molecule has 0 aliphatic carbocycles. The summed E-state index contributed by atoms with van der Waals surface area (Å²) in [5.41, 5.74) is 0.663. The minimum absolute atomic E-state index is 0.655. The van der Waals surface area contributed by atoms with Gasteiger partial charge >= 0.3 is 6.18 Å². The second kappa shape index (κ2) is 7.35. The van der Waals surface area contributed by atoms with Crippen LogP contribution in [0, 0.1) is 0 Å². The molecular weight excluding hydrogens is 311 g/mol. The van der Waals surface area contributed by atoms with Crippen molar-refractivity contribution in [1.29, 1.82) is 0 Å². The Morgan fingerprint density at radius 3 is 2.09 bits per heavy atom. The van der Waals surface area contributed by atoms with Crippen LogP contribution in [0.2, 0.25) is 0 Å². The summed E-state index contributed by atoms with van der Waals surface area (Å²) in [5, 5.41) is 1.23. The van der Waals surface area contributed by atoms with Crippen molar-refractivity contribution < 1.29 is 18.0 Å². The molecule has 0 radical (unpaired) electrons. The molecule has 0 unspecified atom stereocenters. The van der Waals surface area contributed by atoms with Crippen LogP contribution in [-0.4, -0.2) is 18.6 Å². The van der Waals surface area contributed by atoms with Gasteiger partial charge in [0.2, 0.25) is 5.91 Å². The summed E-state index contributed by atoms with van der Waals surface area (Å²) in [7, 11) is 0. The molecule has 22 heavy (non-hydrogen) atoms. The summed E-state index contributed by atoms with van der Waals surface area (Å²) < 4.78 is 36.9. The Kier molecular flexibility index (Phi) is 5.49. The number of amides is 1. The van der Waals surface area contributed by atoms with E-state index in [2.05, 4.69) is 0 Å². The zero-order valence-electron chi connectivity index (χ0n) is 11.5. The molecule has 1 atom stereocenters. The summed E-state index contributed by atoms with van der Waals surface area (Å²) in [5.74, 6) is -0.655. The van der Waals surface area contributed by atoms with E-state index >= 15 is 0 Å². The number of carbonyl (C=O) groups is 1. The minimum atomic E-state index is -4.42. The molecule has 116 valence electrons. The van der Waals surface area contributed by atoms with Gasteiger partial charge in [0.05, 0.1) is 0 Å². The molecule has 0 aliphatic heterocycles. The van der Waals surface area contributed by atoms with Crippen molar-refractivity contribution in [3.05, 3.63) is 66.2 Å². The summed E-state index contributed by atoms with van der Waals surface area (Å²) in [4.78, 5) is 13.0. The quantitative estimate of drug-likeness (QED) is 0.835. The lowest BCUT2D eigenvalue weighted by Crippen LogP contribution is -2.36. The number of rotatable bonds is 5. The maximum atomic E-state index is 12.3. The Balaban J connectivity index is 2.17. The second-order valence-electron chi connectivity index (χ2n) is 4.55. The second-order valence-corrected chi connectivity index (χ2v) is 5.73. The molecule has 2 aromatic carbocycles. The van der Waals surface area contributed by atoms with Gasteiger partial charge in [-0.3, -0.25) is 4.79 Å². The topological polar surface area (TPSA) is 29.1 Å². The van der Waals surface area contributed by atoms with Crippen LogP contribution in [0.1, 0.15) is 10.8 Å². The first-order valence-corrected chi connectivity index (χ1v) is 7.45. The standard InChI is InChI=1S/C16H14F3NOS/c17-16(18,19)11-20-15(21)14(12-7-3-1-4-8-12)22-13-9-5-2-6-10-13/h1-10,14H,11H2,(H,20,21)/t14-/m1/s1. The fourth-order valence-electron chi connectivity index (χ4n) is 1.82. The van der Waals surface area contributed by atoms with Gasteiger partial charge < -0.3 is 5.32 Å². The third kappa shape index (κ3) is 5.11. The zero-order valence-corrected chi connectivity index (χ0v) is 12.3. The Bertz CT molecular complexity index is 602.